The number of halogens is 2. The van der Waals surface area contributed by atoms with E-state index in [1.807, 2.05) is 41.1 Å². The topological polar surface area (TPSA) is 4.93 Å². The Hall–Kier alpha value is -0.730. The lowest BCUT2D eigenvalue weighted by Crippen LogP contribution is -1.89. The van der Waals surface area contributed by atoms with Crippen molar-refractivity contribution < 1.29 is 0 Å². The summed E-state index contributed by atoms with van der Waals surface area (Å²) in [7, 11) is 0. The van der Waals surface area contributed by atoms with Crippen molar-refractivity contribution in [2.75, 3.05) is 0 Å². The molecular weight excluding hydrogens is 249 g/mol. The van der Waals surface area contributed by atoms with Crippen molar-refractivity contribution in [1.82, 2.24) is 4.57 Å². The zero-order valence-corrected chi connectivity index (χ0v) is 9.01. The molecule has 0 spiro atoms. The first-order valence-electron chi connectivity index (χ1n) is 3.78. The van der Waals surface area contributed by atoms with Gasteiger partial charge in [-0.15, -0.1) is 0 Å². The highest BCUT2D eigenvalue weighted by atomic mass is 79.9. The van der Waals surface area contributed by atoms with Gasteiger partial charge in [0.05, 0.1) is 16.9 Å². The van der Waals surface area contributed by atoms with E-state index in [0.717, 1.165) is 15.2 Å². The third kappa shape index (κ3) is 1.79. The monoisotopic (exact) mass is 254 g/mol. The van der Waals surface area contributed by atoms with E-state index in [4.69, 9.17) is 11.6 Å². The molecule has 0 aliphatic rings. The van der Waals surface area contributed by atoms with Crippen molar-refractivity contribution in [3.63, 3.8) is 0 Å². The number of aromatic nitrogens is 1. The highest BCUT2D eigenvalue weighted by Crippen LogP contribution is 2.21. The molecule has 1 radical (unpaired) electrons. The zero-order valence-electron chi connectivity index (χ0n) is 6.67. The van der Waals surface area contributed by atoms with E-state index in [-0.39, 0.29) is 0 Å². The minimum Gasteiger partial charge on any atom is -0.312 e. The Bertz CT molecular complexity index is 422. The standard InChI is InChI=1S/C10H6BrClN/c11-8-5-6-13(7-8)10-4-2-1-3-9(10)12/h1-5,7H. The minimum absolute atomic E-state index is 0.724. The third-order valence-electron chi connectivity index (χ3n) is 1.71. The molecule has 2 rings (SSSR count). The summed E-state index contributed by atoms with van der Waals surface area (Å²) in [5.41, 5.74) is 0.940. The van der Waals surface area contributed by atoms with Crippen molar-refractivity contribution in [1.29, 1.82) is 0 Å². The lowest BCUT2D eigenvalue weighted by molar-refractivity contribution is 1.07. The molecule has 3 heteroatoms. The number of rotatable bonds is 1. The van der Waals surface area contributed by atoms with Crippen molar-refractivity contribution in [2.45, 2.75) is 0 Å². The predicted molar refractivity (Wildman–Crippen MR) is 57.3 cm³/mol. The third-order valence-corrected chi connectivity index (χ3v) is 2.46. The maximum atomic E-state index is 6.01. The number of para-hydroxylation sites is 1. The summed E-state index contributed by atoms with van der Waals surface area (Å²) in [6.45, 7) is 0. The van der Waals surface area contributed by atoms with Gasteiger partial charge < -0.3 is 4.57 Å². The Morgan fingerprint density at radius 2 is 2.08 bits per heavy atom. The first kappa shape index (κ1) is 8.85. The molecular formula is C10H6BrClN. The SMILES string of the molecule is Clc1ccccc1-n1[c]cc(Br)c1. The number of nitrogens with zero attached hydrogens (tertiary/aromatic N) is 1. The maximum absolute atomic E-state index is 6.01. The van der Waals surface area contributed by atoms with Crippen molar-refractivity contribution in [2.24, 2.45) is 0 Å². The van der Waals surface area contributed by atoms with Gasteiger partial charge in [-0.1, -0.05) is 23.7 Å². The van der Waals surface area contributed by atoms with Crippen LogP contribution in [0.4, 0.5) is 0 Å². The van der Waals surface area contributed by atoms with Crippen molar-refractivity contribution in [3.05, 3.63) is 52.2 Å². The summed E-state index contributed by atoms with van der Waals surface area (Å²) in [4.78, 5) is 0. The van der Waals surface area contributed by atoms with Gasteiger partial charge in [-0.05, 0) is 34.1 Å². The first-order chi connectivity index (χ1) is 6.27. The van der Waals surface area contributed by atoms with E-state index >= 15 is 0 Å². The molecule has 0 bridgehead atoms. The second-order valence-electron chi connectivity index (χ2n) is 2.61. The summed E-state index contributed by atoms with van der Waals surface area (Å²) < 4.78 is 2.85. The quantitative estimate of drug-likeness (QED) is 0.732. The van der Waals surface area contributed by atoms with Crippen LogP contribution in [0.2, 0.25) is 5.02 Å². The lowest BCUT2D eigenvalue weighted by atomic mass is 10.3. The summed E-state index contributed by atoms with van der Waals surface area (Å²) >= 11 is 9.37. The zero-order chi connectivity index (χ0) is 9.26. The van der Waals surface area contributed by atoms with Crippen LogP contribution in [0.3, 0.4) is 0 Å². The average molecular weight is 256 g/mol. The number of hydrogen-bond acceptors (Lipinski definition) is 0. The summed E-state index contributed by atoms with van der Waals surface area (Å²) in [6.07, 6.45) is 4.97. The van der Waals surface area contributed by atoms with Crippen LogP contribution < -0.4 is 0 Å². The Morgan fingerprint density at radius 1 is 1.31 bits per heavy atom. The van der Waals surface area contributed by atoms with Gasteiger partial charge in [-0.2, -0.15) is 0 Å². The van der Waals surface area contributed by atoms with Crippen molar-refractivity contribution >= 4 is 27.5 Å². The van der Waals surface area contributed by atoms with Crippen LogP contribution in [-0.2, 0) is 0 Å². The van der Waals surface area contributed by atoms with Crippen LogP contribution in [-0.4, -0.2) is 4.57 Å². The Morgan fingerprint density at radius 3 is 2.69 bits per heavy atom. The Labute approximate surface area is 90.1 Å². The maximum Gasteiger partial charge on any atom is 0.0709 e. The van der Waals surface area contributed by atoms with E-state index in [9.17, 15) is 0 Å². The van der Waals surface area contributed by atoms with Crippen LogP contribution in [0, 0.1) is 6.20 Å². The molecule has 0 amide bonds. The molecule has 1 aromatic carbocycles. The fourth-order valence-corrected chi connectivity index (χ4v) is 1.65. The van der Waals surface area contributed by atoms with Gasteiger partial charge in [0.1, 0.15) is 0 Å². The largest absolute Gasteiger partial charge is 0.312 e. The first-order valence-corrected chi connectivity index (χ1v) is 4.95. The number of hydrogen-bond donors (Lipinski definition) is 0. The molecule has 0 aliphatic heterocycles. The summed E-state index contributed by atoms with van der Waals surface area (Å²) in [5.74, 6) is 0. The normalized spacial score (nSPS) is 10.3. The molecule has 0 saturated heterocycles. The fourth-order valence-electron chi connectivity index (χ4n) is 1.12. The van der Waals surface area contributed by atoms with Gasteiger partial charge in [-0.3, -0.25) is 0 Å². The second kappa shape index (κ2) is 3.56. The molecule has 65 valence electrons. The molecule has 0 atom stereocenters. The highest BCUT2D eigenvalue weighted by molar-refractivity contribution is 9.10. The van der Waals surface area contributed by atoms with Crippen LogP contribution in [0.1, 0.15) is 0 Å². The van der Waals surface area contributed by atoms with Crippen LogP contribution in [0.25, 0.3) is 5.69 Å². The van der Waals surface area contributed by atoms with Crippen molar-refractivity contribution in [3.8, 4) is 5.69 Å². The van der Waals surface area contributed by atoms with E-state index < -0.39 is 0 Å². The van der Waals surface area contributed by atoms with Crippen LogP contribution in [0.15, 0.2) is 41.0 Å². The van der Waals surface area contributed by atoms with E-state index in [2.05, 4.69) is 22.1 Å². The summed E-state index contributed by atoms with van der Waals surface area (Å²) in [6, 6.07) is 9.51. The summed E-state index contributed by atoms with van der Waals surface area (Å²) in [5, 5.41) is 0.724. The molecule has 0 unspecified atom stereocenters. The smallest absolute Gasteiger partial charge is 0.0709 e. The molecule has 2 aromatic rings. The molecule has 0 fully saturated rings. The fraction of sp³-hybridized carbons (Fsp3) is 0. The predicted octanol–water partition coefficient (Wildman–Crippen LogP) is 3.69. The van der Waals surface area contributed by atoms with Gasteiger partial charge in [0.25, 0.3) is 0 Å². The lowest BCUT2D eigenvalue weighted by Gasteiger charge is -2.03. The molecule has 13 heavy (non-hydrogen) atoms. The molecule has 0 aliphatic carbocycles. The van der Waals surface area contributed by atoms with Crippen LogP contribution >= 0.6 is 27.5 Å². The van der Waals surface area contributed by atoms with E-state index in [1.165, 1.54) is 0 Å². The van der Waals surface area contributed by atoms with Gasteiger partial charge in [0.2, 0.25) is 0 Å². The molecule has 0 saturated carbocycles. The van der Waals surface area contributed by atoms with Gasteiger partial charge >= 0.3 is 0 Å². The number of benzene rings is 1. The highest BCUT2D eigenvalue weighted by Gasteiger charge is 2.01. The Balaban J connectivity index is 2.52. The average Bonchev–Trinajstić information content (AvgIpc) is 2.53. The van der Waals surface area contributed by atoms with Gasteiger partial charge in [-0.25, -0.2) is 0 Å². The van der Waals surface area contributed by atoms with Gasteiger partial charge in [0.15, 0.2) is 0 Å². The van der Waals surface area contributed by atoms with Gasteiger partial charge in [0, 0.05) is 10.7 Å². The molecule has 1 aromatic heterocycles. The Kier molecular flexibility index (Phi) is 2.42. The second-order valence-corrected chi connectivity index (χ2v) is 3.93. The molecule has 1 nitrogen and oxygen atoms in total. The van der Waals surface area contributed by atoms with Crippen LogP contribution in [0.5, 0.6) is 0 Å². The molecule has 0 N–H and O–H groups in total. The minimum atomic E-state index is 0.724. The molecule has 1 heterocycles. The van der Waals surface area contributed by atoms with E-state index in [1.54, 1.807) is 0 Å². The van der Waals surface area contributed by atoms with E-state index in [0.29, 0.717) is 0 Å².